The number of pyridine rings is 1. The third-order valence-electron chi connectivity index (χ3n) is 13.5. The van der Waals surface area contributed by atoms with Crippen LogP contribution in [0.25, 0.3) is 61.0 Å². The molecule has 11 rings (SSSR count). The molecule has 352 valence electrons. The van der Waals surface area contributed by atoms with E-state index in [-0.39, 0.29) is 51.5 Å². The molecule has 0 radical (unpaired) electrons. The van der Waals surface area contributed by atoms with Crippen LogP contribution in [-0.2, 0) is 16.2 Å². The molecule has 2 aromatic heterocycles. The number of ether oxygens (including phenoxy) is 1. The van der Waals surface area contributed by atoms with Gasteiger partial charge in [-0.2, -0.15) is 0 Å². The maximum atomic E-state index is 9.27. The van der Waals surface area contributed by atoms with Gasteiger partial charge in [0.05, 0.1) is 41.8 Å². The molecule has 71 heavy (non-hydrogen) atoms. The van der Waals surface area contributed by atoms with Crippen LogP contribution in [0, 0.1) is 0 Å². The van der Waals surface area contributed by atoms with Crippen LogP contribution in [0.5, 0.6) is 11.5 Å². The van der Waals surface area contributed by atoms with Gasteiger partial charge in [0.1, 0.15) is 24.0 Å². The van der Waals surface area contributed by atoms with Crippen molar-refractivity contribution < 1.29 is 18.4 Å². The fourth-order valence-corrected chi connectivity index (χ4v) is 9.65. The number of rotatable bonds is 8. The molecular weight excluding hydrogens is 865 g/mol. The largest absolute Gasteiger partial charge is 0.457 e. The van der Waals surface area contributed by atoms with E-state index < -0.39 is 36.3 Å². The Hall–Kier alpha value is -7.89. The average Bonchev–Trinajstić information content (AvgIpc) is 3.01. The van der Waals surface area contributed by atoms with E-state index in [4.69, 9.17) is 20.7 Å². The molecule has 5 nitrogen and oxygen atoms in total. The highest BCUT2D eigenvalue weighted by atomic mass is 16.5. The van der Waals surface area contributed by atoms with E-state index in [2.05, 4.69) is 119 Å². The minimum atomic E-state index is -0.451. The molecule has 0 unspecified atom stereocenters. The van der Waals surface area contributed by atoms with Crippen LogP contribution in [0.4, 0.5) is 22.7 Å². The first-order valence-corrected chi connectivity index (χ1v) is 24.1. The third-order valence-corrected chi connectivity index (χ3v) is 13.5. The lowest BCUT2D eigenvalue weighted by Crippen LogP contribution is -2.25. The van der Waals surface area contributed by atoms with Gasteiger partial charge in [-0.25, -0.2) is 4.98 Å². The van der Waals surface area contributed by atoms with E-state index in [1.54, 1.807) is 12.3 Å². The Morgan fingerprint density at radius 3 is 1.76 bits per heavy atom. The molecule has 10 aromatic rings. The van der Waals surface area contributed by atoms with E-state index >= 15 is 0 Å². The zero-order valence-corrected chi connectivity index (χ0v) is 41.7. The Morgan fingerprint density at radius 2 is 1.08 bits per heavy atom. The SMILES string of the molecule is [2H]c1c([2H])c([2H])c(-c2ccc3c(c2)c2ccc(Oc4cccc(N5CN(c6c(-c7cc(C(C)(C)C)cc(C(C)(C)C)c7)cccc6-c6c([2H])c([2H])c([2H])c([2H])c6[2H])c6ccccc65)c4)cc2n3-c2cc(C(C)(C)C)ccn2)c([2H])c1[2H]. The molecule has 0 saturated heterocycles. The van der Waals surface area contributed by atoms with Crippen molar-refractivity contribution in [2.24, 2.45) is 0 Å². The van der Waals surface area contributed by atoms with Gasteiger partial charge < -0.3 is 14.5 Å². The number of hydrogen-bond donors (Lipinski definition) is 0. The summed E-state index contributed by atoms with van der Waals surface area (Å²) in [6.07, 6.45) is 1.81. The highest BCUT2D eigenvalue weighted by Gasteiger charge is 2.32. The van der Waals surface area contributed by atoms with Gasteiger partial charge in [0.15, 0.2) is 0 Å². The van der Waals surface area contributed by atoms with Gasteiger partial charge in [0.25, 0.3) is 0 Å². The molecule has 5 heteroatoms. The van der Waals surface area contributed by atoms with Crippen molar-refractivity contribution in [3.05, 3.63) is 217 Å². The Kier molecular flexibility index (Phi) is 8.69. The first-order chi connectivity index (χ1) is 38.2. The van der Waals surface area contributed by atoms with Crippen LogP contribution < -0.4 is 14.5 Å². The van der Waals surface area contributed by atoms with Gasteiger partial charge in [-0.3, -0.25) is 4.57 Å². The molecule has 1 aliphatic rings. The topological polar surface area (TPSA) is 33.5 Å². The average molecular weight is 937 g/mol. The Bertz CT molecular complexity index is 4130. The second-order valence-corrected chi connectivity index (χ2v) is 21.5. The molecule has 0 bridgehead atoms. The van der Waals surface area contributed by atoms with Crippen LogP contribution in [0.15, 0.2) is 200 Å². The fraction of sp³-hybridized carbons (Fsp3) is 0.197. The molecule has 8 aromatic carbocycles. The predicted molar refractivity (Wildman–Crippen MR) is 300 cm³/mol. The number of hydrogen-bond acceptors (Lipinski definition) is 4. The minimum absolute atomic E-state index is 0.121. The molecule has 3 heterocycles. The van der Waals surface area contributed by atoms with Crippen LogP contribution in [0.2, 0.25) is 0 Å². The van der Waals surface area contributed by atoms with Crippen molar-refractivity contribution in [3.8, 4) is 50.7 Å². The maximum absolute atomic E-state index is 9.27. The number of nitrogens with zero attached hydrogens (tertiary/aromatic N) is 4. The van der Waals surface area contributed by atoms with E-state index in [0.717, 1.165) is 66.7 Å². The summed E-state index contributed by atoms with van der Waals surface area (Å²) in [5.41, 5.74) is 10.7. The van der Waals surface area contributed by atoms with Crippen molar-refractivity contribution in [2.75, 3.05) is 16.5 Å². The number of anilines is 4. The van der Waals surface area contributed by atoms with Crippen molar-refractivity contribution >= 4 is 44.6 Å². The molecule has 0 amide bonds. The maximum Gasteiger partial charge on any atom is 0.137 e. The van der Waals surface area contributed by atoms with Crippen LogP contribution in [0.3, 0.4) is 0 Å². The van der Waals surface area contributed by atoms with Gasteiger partial charge in [-0.15, -0.1) is 0 Å². The smallest absolute Gasteiger partial charge is 0.137 e. The van der Waals surface area contributed by atoms with E-state index in [1.165, 1.54) is 0 Å². The highest BCUT2D eigenvalue weighted by Crippen LogP contribution is 2.51. The van der Waals surface area contributed by atoms with E-state index in [0.29, 0.717) is 40.8 Å². The molecule has 0 saturated carbocycles. The summed E-state index contributed by atoms with van der Waals surface area (Å²) >= 11 is 0. The van der Waals surface area contributed by atoms with Crippen molar-refractivity contribution in [1.82, 2.24) is 9.55 Å². The Morgan fingerprint density at radius 1 is 0.465 bits per heavy atom. The van der Waals surface area contributed by atoms with E-state index in [9.17, 15) is 2.74 Å². The van der Waals surface area contributed by atoms with Crippen LogP contribution in [-0.4, -0.2) is 16.2 Å². The lowest BCUT2D eigenvalue weighted by Gasteiger charge is -2.29. The first-order valence-electron chi connectivity index (χ1n) is 29.1. The normalized spacial score (nSPS) is 15.0. The first kappa shape index (κ1) is 35.2. The Balaban J connectivity index is 1.04. The standard InChI is InChI=1S/C66H62N4O/c1-64(2,3)48-34-35-67-62(40-48)70-58-33-30-46(44-20-12-10-13-21-44)38-57(58)56-32-31-53(42-61(56)70)71-52-25-18-24-51(41-52)68-43-69(60-29-17-16-28-59(60)68)63-54(45-22-14-11-15-23-45)26-19-27-55(63)47-36-49(65(4,5)6)39-50(37-47)66(7,8)9/h10-42H,43H2,1-9H3/i10D,11D,12D,13D,14D,15D,20D,21D,22D,23D. The summed E-state index contributed by atoms with van der Waals surface area (Å²) in [5, 5.41) is 1.65. The monoisotopic (exact) mass is 937 g/mol. The zero-order chi connectivity index (χ0) is 57.9. The summed E-state index contributed by atoms with van der Waals surface area (Å²) in [7, 11) is 0. The van der Waals surface area contributed by atoms with Gasteiger partial charge in [0.2, 0.25) is 0 Å². The molecule has 0 N–H and O–H groups in total. The number of para-hydroxylation sites is 3. The lowest BCUT2D eigenvalue weighted by molar-refractivity contribution is 0.483. The predicted octanol–water partition coefficient (Wildman–Crippen LogP) is 18.1. The van der Waals surface area contributed by atoms with Crippen molar-refractivity contribution in [3.63, 3.8) is 0 Å². The van der Waals surface area contributed by atoms with Gasteiger partial charge in [-0.05, 0) is 116 Å². The quantitative estimate of drug-likeness (QED) is 0.152. The lowest BCUT2D eigenvalue weighted by atomic mass is 9.78. The van der Waals surface area contributed by atoms with Crippen molar-refractivity contribution in [1.29, 1.82) is 0 Å². The molecule has 0 fully saturated rings. The summed E-state index contributed by atoms with van der Waals surface area (Å²) in [4.78, 5) is 9.27. The highest BCUT2D eigenvalue weighted by molar-refractivity contribution is 6.11. The number of benzene rings is 8. The van der Waals surface area contributed by atoms with Crippen molar-refractivity contribution in [2.45, 2.75) is 78.6 Å². The number of fused-ring (bicyclic) bond motifs is 4. The van der Waals surface area contributed by atoms with Crippen LogP contribution >= 0.6 is 0 Å². The van der Waals surface area contributed by atoms with Gasteiger partial charge in [-0.1, -0.05) is 183 Å². The molecular formula is C66H62N4O. The molecule has 0 spiro atoms. The summed E-state index contributed by atoms with van der Waals surface area (Å²) in [6.45, 7) is 20.0. The molecule has 0 atom stereocenters. The van der Waals surface area contributed by atoms with Gasteiger partial charge >= 0.3 is 0 Å². The van der Waals surface area contributed by atoms with Crippen LogP contribution in [0.1, 0.15) is 92.7 Å². The van der Waals surface area contributed by atoms with Gasteiger partial charge in [0, 0.05) is 45.9 Å². The second kappa shape index (κ2) is 17.5. The Labute approximate surface area is 433 Å². The summed E-state index contributed by atoms with van der Waals surface area (Å²) in [6, 6.07) is 40.5. The summed E-state index contributed by atoms with van der Waals surface area (Å²) in [5.74, 6) is 1.80. The summed E-state index contributed by atoms with van der Waals surface area (Å²) < 4.78 is 96.1. The third kappa shape index (κ3) is 8.65. The minimum Gasteiger partial charge on any atom is -0.457 e. The fourth-order valence-electron chi connectivity index (χ4n) is 9.65. The number of aromatic nitrogens is 2. The zero-order valence-electron chi connectivity index (χ0n) is 51.7. The van der Waals surface area contributed by atoms with E-state index in [1.807, 2.05) is 84.9 Å². The second-order valence-electron chi connectivity index (χ2n) is 21.5. The molecule has 0 aliphatic carbocycles. The molecule has 1 aliphatic heterocycles.